The minimum absolute atomic E-state index is 0.550. The average Bonchev–Trinajstić information content (AvgIpc) is 2.30. The van der Waals surface area contributed by atoms with E-state index in [1.807, 2.05) is 42.5 Å². The zero-order chi connectivity index (χ0) is 12.1. The lowest BCUT2D eigenvalue weighted by Crippen LogP contribution is -2.17. The van der Waals surface area contributed by atoms with Crippen LogP contribution in [-0.4, -0.2) is 10.3 Å². The van der Waals surface area contributed by atoms with E-state index in [0.29, 0.717) is 13.1 Å². The van der Waals surface area contributed by atoms with Crippen LogP contribution in [0.2, 0.25) is 0 Å². The number of rotatable bonds is 4. The standard InChI is InChI=1S/C15H17NO/c1-13-6-5-9-15(10-13)12-16(17)11-14-7-3-2-4-8-14/h2-10,17H,11-12H2,1H3. The van der Waals surface area contributed by atoms with Crippen LogP contribution in [0.3, 0.4) is 0 Å². The molecule has 2 nitrogen and oxygen atoms in total. The van der Waals surface area contributed by atoms with Crippen LogP contribution in [0.25, 0.3) is 0 Å². The van der Waals surface area contributed by atoms with Crippen LogP contribution < -0.4 is 0 Å². The van der Waals surface area contributed by atoms with Crippen molar-refractivity contribution >= 4 is 0 Å². The molecule has 0 unspecified atom stereocenters. The number of nitrogens with zero attached hydrogens (tertiary/aromatic N) is 1. The van der Waals surface area contributed by atoms with E-state index in [-0.39, 0.29) is 0 Å². The first-order valence-electron chi connectivity index (χ1n) is 5.77. The summed E-state index contributed by atoms with van der Waals surface area (Å²) in [7, 11) is 0. The molecular formula is C15H17NO. The van der Waals surface area contributed by atoms with Gasteiger partial charge in [-0.3, -0.25) is 0 Å². The van der Waals surface area contributed by atoms with Crippen LogP contribution in [0.1, 0.15) is 16.7 Å². The van der Waals surface area contributed by atoms with Gasteiger partial charge >= 0.3 is 0 Å². The second-order valence-electron chi connectivity index (χ2n) is 4.30. The van der Waals surface area contributed by atoms with E-state index >= 15 is 0 Å². The van der Waals surface area contributed by atoms with E-state index in [4.69, 9.17) is 0 Å². The predicted octanol–water partition coefficient (Wildman–Crippen LogP) is 3.39. The summed E-state index contributed by atoms with van der Waals surface area (Å²) in [4.78, 5) is 0. The second-order valence-corrected chi connectivity index (χ2v) is 4.30. The van der Waals surface area contributed by atoms with Crippen molar-refractivity contribution in [1.29, 1.82) is 0 Å². The fraction of sp³-hybridized carbons (Fsp3) is 0.200. The van der Waals surface area contributed by atoms with Crippen molar-refractivity contribution in [3.63, 3.8) is 0 Å². The van der Waals surface area contributed by atoms with Gasteiger partial charge in [0.15, 0.2) is 0 Å². The van der Waals surface area contributed by atoms with E-state index in [2.05, 4.69) is 19.1 Å². The van der Waals surface area contributed by atoms with Crippen molar-refractivity contribution in [3.05, 3.63) is 71.3 Å². The Labute approximate surface area is 102 Å². The largest absolute Gasteiger partial charge is 0.313 e. The number of hydrogen-bond donors (Lipinski definition) is 1. The zero-order valence-electron chi connectivity index (χ0n) is 10.0. The molecule has 0 radical (unpaired) electrons. The van der Waals surface area contributed by atoms with Gasteiger partial charge in [-0.25, -0.2) is 0 Å². The summed E-state index contributed by atoms with van der Waals surface area (Å²) in [6.07, 6.45) is 0. The summed E-state index contributed by atoms with van der Waals surface area (Å²) >= 11 is 0. The molecule has 0 fully saturated rings. The molecule has 0 bridgehead atoms. The quantitative estimate of drug-likeness (QED) is 0.809. The number of hydrogen-bond acceptors (Lipinski definition) is 2. The monoisotopic (exact) mass is 227 g/mol. The summed E-state index contributed by atoms with van der Waals surface area (Å²) in [5.74, 6) is 0. The SMILES string of the molecule is Cc1cccc(CN(O)Cc2ccccc2)c1. The molecule has 0 aromatic heterocycles. The van der Waals surface area contributed by atoms with Gasteiger partial charge in [-0.2, -0.15) is 5.06 Å². The minimum Gasteiger partial charge on any atom is -0.313 e. The van der Waals surface area contributed by atoms with Crippen molar-refractivity contribution in [2.45, 2.75) is 20.0 Å². The maximum Gasteiger partial charge on any atom is 0.0492 e. The average molecular weight is 227 g/mol. The third kappa shape index (κ3) is 3.70. The van der Waals surface area contributed by atoms with Crippen LogP contribution in [0.5, 0.6) is 0 Å². The molecule has 88 valence electrons. The highest BCUT2D eigenvalue weighted by atomic mass is 16.5. The molecule has 0 aliphatic rings. The fourth-order valence-electron chi connectivity index (χ4n) is 1.87. The fourth-order valence-corrected chi connectivity index (χ4v) is 1.87. The Morgan fingerprint density at radius 3 is 2.24 bits per heavy atom. The molecule has 0 heterocycles. The van der Waals surface area contributed by atoms with E-state index in [9.17, 15) is 5.21 Å². The third-order valence-electron chi connectivity index (χ3n) is 2.66. The lowest BCUT2D eigenvalue weighted by molar-refractivity contribution is -0.108. The van der Waals surface area contributed by atoms with Crippen LogP contribution in [0.4, 0.5) is 0 Å². The lowest BCUT2D eigenvalue weighted by atomic mass is 10.1. The van der Waals surface area contributed by atoms with Gasteiger partial charge in [-0.05, 0) is 18.1 Å². The molecule has 0 aliphatic heterocycles. The van der Waals surface area contributed by atoms with Crippen molar-refractivity contribution < 1.29 is 5.21 Å². The Morgan fingerprint density at radius 1 is 0.882 bits per heavy atom. The number of benzene rings is 2. The molecular weight excluding hydrogens is 210 g/mol. The van der Waals surface area contributed by atoms with E-state index in [1.165, 1.54) is 10.6 Å². The molecule has 2 aromatic carbocycles. The van der Waals surface area contributed by atoms with Crippen LogP contribution in [0.15, 0.2) is 54.6 Å². The minimum atomic E-state index is 0.550. The maximum atomic E-state index is 9.88. The predicted molar refractivity (Wildman–Crippen MR) is 68.7 cm³/mol. The maximum absolute atomic E-state index is 9.88. The van der Waals surface area contributed by atoms with Crippen LogP contribution >= 0.6 is 0 Å². The molecule has 2 aromatic rings. The number of aryl methyl sites for hydroxylation is 1. The highest BCUT2D eigenvalue weighted by Gasteiger charge is 2.03. The van der Waals surface area contributed by atoms with Gasteiger partial charge in [0.2, 0.25) is 0 Å². The van der Waals surface area contributed by atoms with Crippen molar-refractivity contribution in [3.8, 4) is 0 Å². The molecule has 0 saturated carbocycles. The highest BCUT2D eigenvalue weighted by molar-refractivity contribution is 5.22. The van der Waals surface area contributed by atoms with Gasteiger partial charge in [0.05, 0.1) is 0 Å². The van der Waals surface area contributed by atoms with Gasteiger partial charge in [-0.15, -0.1) is 0 Å². The summed E-state index contributed by atoms with van der Waals surface area (Å²) in [5, 5.41) is 11.2. The van der Waals surface area contributed by atoms with Crippen molar-refractivity contribution in [2.24, 2.45) is 0 Å². The molecule has 17 heavy (non-hydrogen) atoms. The van der Waals surface area contributed by atoms with Crippen molar-refractivity contribution in [1.82, 2.24) is 5.06 Å². The van der Waals surface area contributed by atoms with Crippen LogP contribution in [-0.2, 0) is 13.1 Å². The molecule has 0 atom stereocenters. The summed E-state index contributed by atoms with van der Waals surface area (Å²) in [6, 6.07) is 18.2. The lowest BCUT2D eigenvalue weighted by Gasteiger charge is -2.15. The van der Waals surface area contributed by atoms with Crippen molar-refractivity contribution in [2.75, 3.05) is 0 Å². The first-order chi connectivity index (χ1) is 8.24. The molecule has 0 saturated heterocycles. The Hall–Kier alpha value is -1.64. The first-order valence-corrected chi connectivity index (χ1v) is 5.77. The summed E-state index contributed by atoms with van der Waals surface area (Å²) < 4.78 is 0. The smallest absolute Gasteiger partial charge is 0.0492 e. The second kappa shape index (κ2) is 5.62. The van der Waals surface area contributed by atoms with E-state index in [1.54, 1.807) is 0 Å². The van der Waals surface area contributed by atoms with E-state index < -0.39 is 0 Å². The molecule has 0 spiro atoms. The normalized spacial score (nSPS) is 10.8. The van der Waals surface area contributed by atoms with Crippen LogP contribution in [0, 0.1) is 6.92 Å². The summed E-state index contributed by atoms with van der Waals surface area (Å²) in [6.45, 7) is 3.16. The molecule has 1 N–H and O–H groups in total. The molecule has 2 rings (SSSR count). The Balaban J connectivity index is 1.96. The Bertz CT molecular complexity index is 467. The van der Waals surface area contributed by atoms with Gasteiger partial charge in [0, 0.05) is 13.1 Å². The third-order valence-corrected chi connectivity index (χ3v) is 2.66. The number of hydroxylamine groups is 2. The zero-order valence-corrected chi connectivity index (χ0v) is 10.0. The molecule has 0 aliphatic carbocycles. The topological polar surface area (TPSA) is 23.5 Å². The van der Waals surface area contributed by atoms with Gasteiger partial charge in [0.25, 0.3) is 0 Å². The van der Waals surface area contributed by atoms with Gasteiger partial charge in [-0.1, -0.05) is 60.2 Å². The highest BCUT2D eigenvalue weighted by Crippen LogP contribution is 2.09. The Morgan fingerprint density at radius 2 is 1.53 bits per heavy atom. The van der Waals surface area contributed by atoms with Gasteiger partial charge in [0.1, 0.15) is 0 Å². The summed E-state index contributed by atoms with van der Waals surface area (Å²) in [5.41, 5.74) is 3.46. The first kappa shape index (κ1) is 11.8. The van der Waals surface area contributed by atoms with Gasteiger partial charge < -0.3 is 5.21 Å². The molecule has 2 heteroatoms. The Kier molecular flexibility index (Phi) is 3.91. The molecule has 0 amide bonds. The van der Waals surface area contributed by atoms with E-state index in [0.717, 1.165) is 11.1 Å².